The van der Waals surface area contributed by atoms with E-state index in [2.05, 4.69) is 20.5 Å². The van der Waals surface area contributed by atoms with Gasteiger partial charge in [0.25, 0.3) is 5.91 Å². The number of piperidine rings is 1. The number of aryl methyl sites for hydroxylation is 1. The number of carbonyl (C=O) groups excluding carboxylic acids is 2. The molecule has 0 radical (unpaired) electrons. The number of amides is 2. The molecular weight excluding hydrogens is 342 g/mol. The number of aromatic nitrogens is 3. The predicted octanol–water partition coefficient (Wildman–Crippen LogP) is 2.52. The van der Waals surface area contributed by atoms with E-state index in [0.29, 0.717) is 30.2 Å². The van der Waals surface area contributed by atoms with Gasteiger partial charge in [-0.15, -0.1) is 5.10 Å². The Labute approximate surface area is 160 Å². The average Bonchev–Trinajstić information content (AvgIpc) is 3.39. The smallest absolute Gasteiger partial charge is 0.273 e. The minimum absolute atomic E-state index is 0.129. The fourth-order valence-corrected chi connectivity index (χ4v) is 4.45. The molecule has 2 amide bonds. The highest BCUT2D eigenvalue weighted by Gasteiger charge is 2.32. The van der Waals surface area contributed by atoms with Crippen LogP contribution in [0.4, 0.5) is 0 Å². The van der Waals surface area contributed by atoms with Crippen LogP contribution in [0.5, 0.6) is 0 Å². The van der Waals surface area contributed by atoms with Crippen molar-refractivity contribution in [3.05, 3.63) is 11.9 Å². The largest absolute Gasteiger partial charge is 0.348 e. The van der Waals surface area contributed by atoms with Crippen molar-refractivity contribution in [3.63, 3.8) is 0 Å². The molecule has 2 heterocycles. The second-order valence-electron chi connectivity index (χ2n) is 8.42. The van der Waals surface area contributed by atoms with Gasteiger partial charge in [-0.3, -0.25) is 14.3 Å². The molecule has 2 aliphatic carbocycles. The number of nitrogens with zero attached hydrogens (tertiary/aromatic N) is 4. The van der Waals surface area contributed by atoms with Crippen molar-refractivity contribution in [3.8, 4) is 0 Å². The van der Waals surface area contributed by atoms with Crippen molar-refractivity contribution >= 4 is 11.8 Å². The van der Waals surface area contributed by atoms with Gasteiger partial charge in [0.15, 0.2) is 5.69 Å². The van der Waals surface area contributed by atoms with Gasteiger partial charge in [0.2, 0.25) is 5.91 Å². The highest BCUT2D eigenvalue weighted by molar-refractivity contribution is 5.92. The van der Waals surface area contributed by atoms with Gasteiger partial charge in [-0.2, -0.15) is 0 Å². The minimum atomic E-state index is -0.129. The minimum Gasteiger partial charge on any atom is -0.348 e. The Morgan fingerprint density at radius 1 is 1.04 bits per heavy atom. The van der Waals surface area contributed by atoms with Crippen molar-refractivity contribution in [2.24, 2.45) is 5.92 Å². The van der Waals surface area contributed by atoms with E-state index >= 15 is 0 Å². The number of carbonyl (C=O) groups is 2. The number of hydrogen-bond acceptors (Lipinski definition) is 4. The summed E-state index contributed by atoms with van der Waals surface area (Å²) in [5.41, 5.74) is 0.390. The quantitative estimate of drug-likeness (QED) is 0.831. The fourth-order valence-electron chi connectivity index (χ4n) is 4.45. The lowest BCUT2D eigenvalue weighted by Gasteiger charge is -2.38. The lowest BCUT2D eigenvalue weighted by atomic mass is 9.87. The highest BCUT2D eigenvalue weighted by Crippen LogP contribution is 2.29. The van der Waals surface area contributed by atoms with Crippen LogP contribution in [0.25, 0.3) is 0 Å². The molecular formula is C20H31N5O2. The normalized spacial score (nSPS) is 24.0. The first-order chi connectivity index (χ1) is 13.2. The fraction of sp³-hybridized carbons (Fsp3) is 0.800. The van der Waals surface area contributed by atoms with Crippen LogP contribution in [0.1, 0.15) is 81.1 Å². The average molecular weight is 374 g/mol. The lowest BCUT2D eigenvalue weighted by Crippen LogP contribution is -2.47. The highest BCUT2D eigenvalue weighted by atomic mass is 16.2. The topological polar surface area (TPSA) is 80.1 Å². The third-order valence-electron chi connectivity index (χ3n) is 6.24. The van der Waals surface area contributed by atoms with Crippen molar-refractivity contribution < 1.29 is 9.59 Å². The summed E-state index contributed by atoms with van der Waals surface area (Å²) < 4.78 is 1.75. The van der Waals surface area contributed by atoms with Crippen LogP contribution in [-0.2, 0) is 11.3 Å². The Bertz CT molecular complexity index is 663. The van der Waals surface area contributed by atoms with Gasteiger partial charge in [-0.1, -0.05) is 24.5 Å². The molecule has 7 heteroatoms. The maximum atomic E-state index is 13.0. The van der Waals surface area contributed by atoms with E-state index < -0.39 is 0 Å². The van der Waals surface area contributed by atoms with E-state index in [-0.39, 0.29) is 11.8 Å². The molecule has 27 heavy (non-hydrogen) atoms. The molecule has 4 rings (SSSR count). The van der Waals surface area contributed by atoms with Gasteiger partial charge in [-0.05, 0) is 51.4 Å². The summed E-state index contributed by atoms with van der Waals surface area (Å²) in [5, 5.41) is 11.1. The Hall–Kier alpha value is -1.92. The summed E-state index contributed by atoms with van der Waals surface area (Å²) in [4.78, 5) is 27.2. The Balaban J connectivity index is 1.32. The van der Waals surface area contributed by atoms with Crippen molar-refractivity contribution in [2.75, 3.05) is 6.54 Å². The molecule has 1 N–H and O–H groups in total. The van der Waals surface area contributed by atoms with Crippen LogP contribution in [0.2, 0.25) is 0 Å². The zero-order chi connectivity index (χ0) is 18.6. The number of hydrogen-bond donors (Lipinski definition) is 1. The molecule has 0 aromatic carbocycles. The van der Waals surface area contributed by atoms with Crippen LogP contribution in [0.15, 0.2) is 6.20 Å². The summed E-state index contributed by atoms with van der Waals surface area (Å²) in [5.74, 6) is 0.487. The summed E-state index contributed by atoms with van der Waals surface area (Å²) in [6.45, 7) is 1.59. The first-order valence-electron chi connectivity index (χ1n) is 10.7. The Morgan fingerprint density at radius 2 is 1.81 bits per heavy atom. The van der Waals surface area contributed by atoms with Gasteiger partial charge in [0, 0.05) is 31.1 Å². The second-order valence-corrected chi connectivity index (χ2v) is 8.42. The SMILES string of the molecule is O=C(NC1CC1)c1cn(CC[C@@H]2CCCCN2C(=O)C2CCCCC2)nn1. The summed E-state index contributed by atoms with van der Waals surface area (Å²) >= 11 is 0. The molecule has 0 unspecified atom stereocenters. The number of rotatable bonds is 6. The van der Waals surface area contributed by atoms with Crippen LogP contribution < -0.4 is 5.32 Å². The molecule has 3 aliphatic rings. The van der Waals surface area contributed by atoms with Gasteiger partial charge < -0.3 is 10.2 Å². The van der Waals surface area contributed by atoms with E-state index in [1.807, 2.05) is 0 Å². The molecule has 1 atom stereocenters. The number of nitrogens with one attached hydrogen (secondary N) is 1. The van der Waals surface area contributed by atoms with E-state index in [1.165, 1.54) is 25.7 Å². The van der Waals surface area contributed by atoms with Crippen molar-refractivity contribution in [1.82, 2.24) is 25.2 Å². The Morgan fingerprint density at radius 3 is 2.59 bits per heavy atom. The zero-order valence-electron chi connectivity index (χ0n) is 16.1. The zero-order valence-corrected chi connectivity index (χ0v) is 16.1. The lowest BCUT2D eigenvalue weighted by molar-refractivity contribution is -0.140. The summed E-state index contributed by atoms with van der Waals surface area (Å²) in [7, 11) is 0. The monoisotopic (exact) mass is 373 g/mol. The maximum Gasteiger partial charge on any atom is 0.273 e. The molecule has 7 nitrogen and oxygen atoms in total. The van der Waals surface area contributed by atoms with Crippen LogP contribution in [0.3, 0.4) is 0 Å². The molecule has 3 fully saturated rings. The molecule has 2 saturated carbocycles. The third-order valence-corrected chi connectivity index (χ3v) is 6.24. The molecule has 1 aromatic heterocycles. The van der Waals surface area contributed by atoms with Crippen LogP contribution in [-0.4, -0.2) is 50.3 Å². The molecule has 0 spiro atoms. The summed E-state index contributed by atoms with van der Waals surface area (Å²) in [6, 6.07) is 0.616. The molecule has 0 bridgehead atoms. The van der Waals surface area contributed by atoms with E-state index in [9.17, 15) is 9.59 Å². The first-order valence-corrected chi connectivity index (χ1v) is 10.7. The summed E-state index contributed by atoms with van der Waals surface area (Å²) in [6.07, 6.45) is 13.9. The number of likely N-dealkylation sites (tertiary alicyclic amines) is 1. The maximum absolute atomic E-state index is 13.0. The molecule has 148 valence electrons. The second kappa shape index (κ2) is 8.40. The van der Waals surface area contributed by atoms with Gasteiger partial charge >= 0.3 is 0 Å². The van der Waals surface area contributed by atoms with E-state index in [0.717, 1.165) is 51.5 Å². The predicted molar refractivity (Wildman–Crippen MR) is 101 cm³/mol. The Kier molecular flexibility index (Phi) is 5.74. The molecule has 1 aromatic rings. The van der Waals surface area contributed by atoms with Gasteiger partial charge in [0.1, 0.15) is 0 Å². The van der Waals surface area contributed by atoms with Crippen molar-refractivity contribution in [1.29, 1.82) is 0 Å². The third kappa shape index (κ3) is 4.68. The molecule has 1 aliphatic heterocycles. The molecule has 1 saturated heterocycles. The van der Waals surface area contributed by atoms with Gasteiger partial charge in [-0.25, -0.2) is 0 Å². The van der Waals surface area contributed by atoms with Crippen LogP contribution >= 0.6 is 0 Å². The van der Waals surface area contributed by atoms with E-state index in [4.69, 9.17) is 0 Å². The van der Waals surface area contributed by atoms with Crippen molar-refractivity contribution in [2.45, 2.75) is 89.3 Å². The van der Waals surface area contributed by atoms with Crippen LogP contribution in [0, 0.1) is 5.92 Å². The van der Waals surface area contributed by atoms with Gasteiger partial charge in [0.05, 0.1) is 6.20 Å². The first kappa shape index (κ1) is 18.4. The van der Waals surface area contributed by atoms with E-state index in [1.54, 1.807) is 10.9 Å². The standard InChI is InChI=1S/C20H31N5O2/c26-19(21-16-9-10-16)18-14-24(23-22-18)13-11-17-8-4-5-12-25(17)20(27)15-6-2-1-3-7-15/h14-17H,1-13H2,(H,21,26)/t17-/m0/s1.